The van der Waals surface area contributed by atoms with Crippen molar-refractivity contribution in [2.45, 2.75) is 65.7 Å². The molecule has 0 aromatic rings. The third-order valence-electron chi connectivity index (χ3n) is 2.16. The molecule has 0 amide bonds. The van der Waals surface area contributed by atoms with Gasteiger partial charge in [-0.3, -0.25) is 19.2 Å². The maximum absolute atomic E-state index is 10.7. The quantitative estimate of drug-likeness (QED) is 0.0663. The van der Waals surface area contributed by atoms with Crippen molar-refractivity contribution in [1.29, 1.82) is 0 Å². The lowest BCUT2D eigenvalue weighted by Gasteiger charge is -2.03. The molecule has 1 N–H and O–H groups in total. The number of alkyl halides is 1. The highest BCUT2D eigenvalue weighted by molar-refractivity contribution is 15.0. The van der Waals surface area contributed by atoms with Crippen molar-refractivity contribution in [3.63, 3.8) is 0 Å². The lowest BCUT2D eigenvalue weighted by molar-refractivity contribution is -0.146. The number of carbonyl (C=O) groups is 5. The van der Waals surface area contributed by atoms with Crippen LogP contribution in [0, 0.1) is 0 Å². The van der Waals surface area contributed by atoms with Crippen LogP contribution >= 0.6 is 59.8 Å². The van der Waals surface area contributed by atoms with E-state index in [0.29, 0.717) is 19.8 Å². The van der Waals surface area contributed by atoms with E-state index in [-0.39, 0.29) is 23.7 Å². The summed E-state index contributed by atoms with van der Waals surface area (Å²) in [7, 11) is 0. The van der Waals surface area contributed by atoms with Crippen LogP contribution in [0.3, 0.4) is 0 Å². The average molecular weight is 800 g/mol. The fraction of sp³-hybridized carbons (Fsp3) is 0.650. The van der Waals surface area contributed by atoms with Crippen molar-refractivity contribution in [2.24, 2.45) is 0 Å². The molecule has 0 heterocycles. The third kappa shape index (κ3) is 39.9. The number of carbonyl (C=O) groups excluding carboxylic acids is 5. The zero-order valence-corrected chi connectivity index (χ0v) is 26.3. The number of rotatable bonds is 8. The second-order valence-corrected chi connectivity index (χ2v) is 6.19. The molecule has 32 heavy (non-hydrogen) atoms. The molecule has 0 spiro atoms. The molecule has 0 aliphatic heterocycles. The summed E-state index contributed by atoms with van der Waals surface area (Å²) >= 11 is 6.00. The van der Waals surface area contributed by atoms with Gasteiger partial charge in [-0.2, -0.15) is 0 Å². The van der Waals surface area contributed by atoms with Gasteiger partial charge in [-0.05, 0) is 41.5 Å². The Balaban J connectivity index is -0.000000105. The van der Waals surface area contributed by atoms with Gasteiger partial charge in [-0.25, -0.2) is 4.79 Å². The normalized spacial score (nSPS) is 9.78. The highest BCUT2D eigenvalue weighted by Gasteiger charge is 2.19. The molecule has 0 rings (SSSR count). The first-order chi connectivity index (χ1) is 14.9. The maximum atomic E-state index is 10.7. The summed E-state index contributed by atoms with van der Waals surface area (Å²) in [5.74, 6) is -1.75. The van der Waals surface area contributed by atoms with Gasteiger partial charge < -0.3 is 19.3 Å². The Hall–Kier alpha value is -0.520. The van der Waals surface area contributed by atoms with Gasteiger partial charge in [0, 0.05) is 37.2 Å². The average Bonchev–Trinajstić information content (AvgIpc) is 2.70. The van der Waals surface area contributed by atoms with Crippen LogP contribution in [0.15, 0.2) is 11.8 Å². The molecule has 9 nitrogen and oxygen atoms in total. The molecular formula is C20H35I3O9. The van der Waals surface area contributed by atoms with Crippen molar-refractivity contribution < 1.29 is 43.3 Å². The first-order valence-corrected chi connectivity index (χ1v) is 17.1. The Morgan fingerprint density at radius 2 is 1.25 bits per heavy atom. The fourth-order valence-electron chi connectivity index (χ4n) is 1.15. The summed E-state index contributed by atoms with van der Waals surface area (Å²) in [5.41, 5.74) is 0. The predicted octanol–water partition coefficient (Wildman–Crippen LogP) is 5.28. The van der Waals surface area contributed by atoms with E-state index in [0.717, 1.165) is 6.08 Å². The molecule has 1 atom stereocenters. The lowest BCUT2D eigenvalue weighted by Crippen LogP contribution is -2.23. The summed E-state index contributed by atoms with van der Waals surface area (Å²) in [6.45, 7) is 14.3. The number of aliphatic hydroxyl groups is 1. The number of halogens is 3. The van der Waals surface area contributed by atoms with Crippen LogP contribution in [0.25, 0.3) is 0 Å². The number of aliphatic hydroxyl groups excluding tert-OH is 1. The van der Waals surface area contributed by atoms with Gasteiger partial charge in [-0.15, -0.1) is 0 Å². The highest BCUT2D eigenvalue weighted by Crippen LogP contribution is 2.03. The molecule has 12 heteroatoms. The topological polar surface area (TPSA) is 133 Å². The number of allylic oxidation sites excluding steroid dienone is 1. The molecule has 1 unspecified atom stereocenters. The van der Waals surface area contributed by atoms with Crippen LogP contribution in [-0.4, -0.2) is 58.3 Å². The number of hydrogen-bond donors (Lipinski definition) is 1. The van der Waals surface area contributed by atoms with Crippen LogP contribution in [0.1, 0.15) is 61.8 Å². The first kappa shape index (κ1) is 41.7. The number of esters is 3. The molecule has 0 bridgehead atoms. The summed E-state index contributed by atoms with van der Waals surface area (Å²) in [6.07, 6.45) is 0.928. The number of ether oxygens (including phenoxy) is 3. The summed E-state index contributed by atoms with van der Waals surface area (Å²) in [4.78, 5) is 52.3. The molecule has 0 aliphatic carbocycles. The summed E-state index contributed by atoms with van der Waals surface area (Å²) < 4.78 is 12.9. The van der Waals surface area contributed by atoms with Gasteiger partial charge in [0.2, 0.25) is 0 Å². The smallest absolute Gasteiger partial charge is 0.334 e. The number of Topliss-reactive ketones (excluding diaryl/α,β-unsaturated/α-hetero) is 2. The molecule has 0 saturated heterocycles. The van der Waals surface area contributed by atoms with Crippen molar-refractivity contribution in [3.8, 4) is 0 Å². The Morgan fingerprint density at radius 3 is 1.53 bits per heavy atom. The Morgan fingerprint density at radius 1 is 0.844 bits per heavy atom. The van der Waals surface area contributed by atoms with Gasteiger partial charge >= 0.3 is 17.9 Å². The molecule has 0 aromatic heterocycles. The standard InChI is InChI=1S/C6H9IO3.2C6H10O3.C2H6.I2/c1-3-10-6(9)5(7)4(2)8;2*1-3-9-6(8)4-5(2)7;2*1-2/h5H,3H2,1-2H3;3-4H2,1-2H3;4,7H,3H2,1-2H3;1-2H3;/b;;5-4-;;. The number of ketones is 2. The molecule has 190 valence electrons. The molecule has 0 fully saturated rings. The summed E-state index contributed by atoms with van der Waals surface area (Å²) in [5, 5.41) is 8.51. The van der Waals surface area contributed by atoms with E-state index in [4.69, 9.17) is 5.11 Å². The minimum absolute atomic E-state index is 0.0338. The van der Waals surface area contributed by atoms with E-state index in [9.17, 15) is 24.0 Å². The van der Waals surface area contributed by atoms with Crippen LogP contribution in [0.4, 0.5) is 0 Å². The largest absolute Gasteiger partial charge is 0.512 e. The highest BCUT2D eigenvalue weighted by atomic mass is 128. The molecule has 0 aliphatic rings. The van der Waals surface area contributed by atoms with E-state index >= 15 is 0 Å². The fourth-order valence-corrected chi connectivity index (χ4v) is 1.33. The molecular weight excluding hydrogens is 765 g/mol. The third-order valence-corrected chi connectivity index (χ3v) is 3.55. The Labute approximate surface area is 228 Å². The second kappa shape index (κ2) is 32.7. The maximum Gasteiger partial charge on any atom is 0.334 e. The first-order valence-electron chi connectivity index (χ1n) is 9.57. The van der Waals surface area contributed by atoms with E-state index in [1.165, 1.54) is 20.8 Å². The van der Waals surface area contributed by atoms with Gasteiger partial charge in [0.1, 0.15) is 12.2 Å². The minimum atomic E-state index is -0.641. The molecule has 0 aromatic carbocycles. The number of hydrogen-bond acceptors (Lipinski definition) is 9. The van der Waals surface area contributed by atoms with Crippen molar-refractivity contribution in [3.05, 3.63) is 11.8 Å². The van der Waals surface area contributed by atoms with E-state index < -0.39 is 21.8 Å². The lowest BCUT2D eigenvalue weighted by atomic mass is 10.3. The van der Waals surface area contributed by atoms with Gasteiger partial charge in [0.15, 0.2) is 9.71 Å². The monoisotopic (exact) mass is 800 g/mol. The van der Waals surface area contributed by atoms with Crippen LogP contribution in [-0.2, 0) is 38.2 Å². The van der Waals surface area contributed by atoms with Crippen LogP contribution < -0.4 is 0 Å². The second-order valence-electron chi connectivity index (χ2n) is 4.95. The van der Waals surface area contributed by atoms with Crippen LogP contribution in [0.2, 0.25) is 0 Å². The molecule has 0 saturated carbocycles. The Bertz CT molecular complexity index is 546. The minimum Gasteiger partial charge on any atom is -0.512 e. The van der Waals surface area contributed by atoms with E-state index in [1.54, 1.807) is 43.4 Å². The Kier molecular flexibility index (Phi) is 42.6. The van der Waals surface area contributed by atoms with Gasteiger partial charge in [0.25, 0.3) is 0 Å². The van der Waals surface area contributed by atoms with Crippen LogP contribution in [0.5, 0.6) is 0 Å². The van der Waals surface area contributed by atoms with Crippen molar-refractivity contribution in [2.75, 3.05) is 19.8 Å². The zero-order valence-electron chi connectivity index (χ0n) is 19.8. The predicted molar refractivity (Wildman–Crippen MR) is 149 cm³/mol. The van der Waals surface area contributed by atoms with E-state index in [1.807, 2.05) is 13.8 Å². The van der Waals surface area contributed by atoms with E-state index in [2.05, 4.69) is 51.4 Å². The van der Waals surface area contributed by atoms with Crippen molar-refractivity contribution >= 4 is 89.3 Å². The van der Waals surface area contributed by atoms with Gasteiger partial charge in [0.05, 0.1) is 31.7 Å². The summed E-state index contributed by atoms with van der Waals surface area (Å²) in [6, 6.07) is 0. The molecule has 0 radical (unpaired) electrons. The van der Waals surface area contributed by atoms with Gasteiger partial charge in [-0.1, -0.05) is 36.4 Å². The zero-order chi connectivity index (χ0) is 26.7. The van der Waals surface area contributed by atoms with Crippen molar-refractivity contribution in [1.82, 2.24) is 0 Å². The SMILES string of the molecule is CC.CCOC(=O)/C=C(/C)O.CCOC(=O)C(I)C(C)=O.CCOC(=O)CC(C)=O.II.